The van der Waals surface area contributed by atoms with Gasteiger partial charge in [0.05, 0.1) is 5.41 Å². The number of aliphatic carboxylic acids is 1. The van der Waals surface area contributed by atoms with Crippen LogP contribution in [-0.4, -0.2) is 16.1 Å². The molecule has 0 aliphatic heterocycles. The van der Waals surface area contributed by atoms with Gasteiger partial charge >= 0.3 is 5.97 Å². The van der Waals surface area contributed by atoms with Crippen LogP contribution in [0.15, 0.2) is 54.7 Å². The quantitative estimate of drug-likeness (QED) is 0.932. The monoisotopic (exact) mass is 295 g/mol. The van der Waals surface area contributed by atoms with Crippen molar-refractivity contribution >= 4 is 5.97 Å². The van der Waals surface area contributed by atoms with Crippen LogP contribution in [-0.2, 0) is 16.6 Å². The SMILES string of the molecule is O=C(O)C1(c2ccccc2)CCC(Cc2ccccn2)CC1. The predicted molar refractivity (Wildman–Crippen MR) is 85.7 cm³/mol. The first-order valence-electron chi connectivity index (χ1n) is 7.89. The molecule has 0 bridgehead atoms. The zero-order valence-electron chi connectivity index (χ0n) is 12.6. The van der Waals surface area contributed by atoms with Gasteiger partial charge in [0.15, 0.2) is 0 Å². The molecule has 0 unspecified atom stereocenters. The van der Waals surface area contributed by atoms with E-state index in [0.29, 0.717) is 18.8 Å². The van der Waals surface area contributed by atoms with E-state index in [0.717, 1.165) is 30.5 Å². The largest absolute Gasteiger partial charge is 0.481 e. The molecule has 0 spiro atoms. The first-order valence-corrected chi connectivity index (χ1v) is 7.89. The van der Waals surface area contributed by atoms with Gasteiger partial charge in [-0.2, -0.15) is 0 Å². The Bertz CT molecular complexity index is 616. The molecule has 0 atom stereocenters. The molecule has 1 fully saturated rings. The van der Waals surface area contributed by atoms with E-state index in [1.807, 2.05) is 48.7 Å². The zero-order chi connectivity index (χ0) is 15.4. The highest BCUT2D eigenvalue weighted by molar-refractivity contribution is 5.81. The van der Waals surface area contributed by atoms with Crippen molar-refractivity contribution in [1.29, 1.82) is 0 Å². The van der Waals surface area contributed by atoms with Gasteiger partial charge in [-0.3, -0.25) is 9.78 Å². The molecule has 1 heterocycles. The molecule has 3 heteroatoms. The average Bonchev–Trinajstić information content (AvgIpc) is 2.57. The van der Waals surface area contributed by atoms with Crippen LogP contribution in [0.5, 0.6) is 0 Å². The van der Waals surface area contributed by atoms with Crippen LogP contribution in [0.4, 0.5) is 0 Å². The van der Waals surface area contributed by atoms with Gasteiger partial charge in [-0.05, 0) is 55.7 Å². The number of hydrogen-bond donors (Lipinski definition) is 1. The third kappa shape index (κ3) is 2.89. The van der Waals surface area contributed by atoms with E-state index in [1.54, 1.807) is 0 Å². The third-order valence-electron chi connectivity index (χ3n) is 4.92. The Hall–Kier alpha value is -2.16. The van der Waals surface area contributed by atoms with Crippen LogP contribution in [0.2, 0.25) is 0 Å². The molecule has 3 nitrogen and oxygen atoms in total. The summed E-state index contributed by atoms with van der Waals surface area (Å²) in [5.74, 6) is -0.152. The fourth-order valence-corrected chi connectivity index (χ4v) is 3.57. The summed E-state index contributed by atoms with van der Waals surface area (Å²) in [6.45, 7) is 0. The fourth-order valence-electron chi connectivity index (χ4n) is 3.57. The Labute approximate surface area is 131 Å². The van der Waals surface area contributed by atoms with E-state index in [2.05, 4.69) is 11.1 Å². The van der Waals surface area contributed by atoms with Gasteiger partial charge in [0, 0.05) is 11.9 Å². The Balaban J connectivity index is 1.72. The van der Waals surface area contributed by atoms with Gasteiger partial charge in [0.1, 0.15) is 0 Å². The summed E-state index contributed by atoms with van der Waals surface area (Å²) in [5.41, 5.74) is 1.34. The number of rotatable bonds is 4. The number of nitrogens with zero attached hydrogens (tertiary/aromatic N) is 1. The summed E-state index contributed by atoms with van der Waals surface area (Å²) in [4.78, 5) is 16.3. The Morgan fingerprint density at radius 1 is 1.09 bits per heavy atom. The molecule has 0 radical (unpaired) electrons. The van der Waals surface area contributed by atoms with Gasteiger partial charge in [-0.15, -0.1) is 0 Å². The normalized spacial score (nSPS) is 24.8. The summed E-state index contributed by atoms with van der Waals surface area (Å²) in [7, 11) is 0. The number of carboxylic acid groups (broad SMARTS) is 1. The molecular weight excluding hydrogens is 274 g/mol. The minimum atomic E-state index is -0.706. The number of carbonyl (C=O) groups is 1. The maximum atomic E-state index is 11.9. The van der Waals surface area contributed by atoms with Crippen molar-refractivity contribution in [3.8, 4) is 0 Å². The van der Waals surface area contributed by atoms with Crippen molar-refractivity contribution in [2.75, 3.05) is 0 Å². The van der Waals surface area contributed by atoms with Crippen molar-refractivity contribution < 1.29 is 9.90 Å². The third-order valence-corrected chi connectivity index (χ3v) is 4.92. The van der Waals surface area contributed by atoms with E-state index >= 15 is 0 Å². The van der Waals surface area contributed by atoms with Crippen LogP contribution < -0.4 is 0 Å². The minimum Gasteiger partial charge on any atom is -0.481 e. The molecule has 114 valence electrons. The summed E-state index contributed by atoms with van der Waals surface area (Å²) in [5, 5.41) is 9.81. The second-order valence-electron chi connectivity index (χ2n) is 6.22. The first-order chi connectivity index (χ1) is 10.7. The summed E-state index contributed by atoms with van der Waals surface area (Å²) in [6.07, 6.45) is 6.08. The molecule has 1 N–H and O–H groups in total. The van der Waals surface area contributed by atoms with Crippen LogP contribution in [0.3, 0.4) is 0 Å². The van der Waals surface area contributed by atoms with E-state index < -0.39 is 11.4 Å². The van der Waals surface area contributed by atoms with Crippen molar-refractivity contribution in [2.45, 2.75) is 37.5 Å². The van der Waals surface area contributed by atoms with Gasteiger partial charge < -0.3 is 5.11 Å². The summed E-state index contributed by atoms with van der Waals surface area (Å²) in [6, 6.07) is 15.7. The highest BCUT2D eigenvalue weighted by Gasteiger charge is 2.43. The Morgan fingerprint density at radius 3 is 2.36 bits per heavy atom. The average molecular weight is 295 g/mol. The van der Waals surface area contributed by atoms with Crippen molar-refractivity contribution in [3.63, 3.8) is 0 Å². The van der Waals surface area contributed by atoms with Crippen LogP contribution >= 0.6 is 0 Å². The first kappa shape index (κ1) is 14.8. The molecule has 0 amide bonds. The molecular formula is C19H21NO2. The second kappa shape index (κ2) is 6.30. The minimum absolute atomic E-state index is 0.533. The fraction of sp³-hybridized carbons (Fsp3) is 0.368. The van der Waals surface area contributed by atoms with Crippen LogP contribution in [0, 0.1) is 5.92 Å². The molecule has 1 aromatic heterocycles. The highest BCUT2D eigenvalue weighted by Crippen LogP contribution is 2.42. The maximum Gasteiger partial charge on any atom is 0.314 e. The number of pyridine rings is 1. The molecule has 2 aromatic rings. The number of carboxylic acids is 1. The van der Waals surface area contributed by atoms with Gasteiger partial charge in [0.25, 0.3) is 0 Å². The highest BCUT2D eigenvalue weighted by atomic mass is 16.4. The number of hydrogen-bond acceptors (Lipinski definition) is 2. The number of benzene rings is 1. The predicted octanol–water partition coefficient (Wildman–Crippen LogP) is 3.84. The standard InChI is InChI=1S/C19H21NO2/c21-18(22)19(16-6-2-1-3-7-16)11-9-15(10-12-19)14-17-8-4-5-13-20-17/h1-8,13,15H,9-12,14H2,(H,21,22). The van der Waals surface area contributed by atoms with Gasteiger partial charge in [-0.1, -0.05) is 36.4 Å². The topological polar surface area (TPSA) is 50.2 Å². The Kier molecular flexibility index (Phi) is 4.23. The molecule has 0 saturated heterocycles. The lowest BCUT2D eigenvalue weighted by Crippen LogP contribution is -2.40. The van der Waals surface area contributed by atoms with Gasteiger partial charge in [-0.25, -0.2) is 0 Å². The lowest BCUT2D eigenvalue weighted by Gasteiger charge is -2.37. The number of aromatic nitrogens is 1. The van der Waals surface area contributed by atoms with Crippen molar-refractivity contribution in [2.24, 2.45) is 5.92 Å². The molecule has 1 aliphatic carbocycles. The van der Waals surface area contributed by atoms with Gasteiger partial charge in [0.2, 0.25) is 0 Å². The van der Waals surface area contributed by atoms with Crippen LogP contribution in [0.25, 0.3) is 0 Å². The van der Waals surface area contributed by atoms with E-state index in [4.69, 9.17) is 0 Å². The lowest BCUT2D eigenvalue weighted by atomic mass is 9.66. The van der Waals surface area contributed by atoms with E-state index in [9.17, 15) is 9.90 Å². The van der Waals surface area contributed by atoms with Crippen molar-refractivity contribution in [1.82, 2.24) is 4.98 Å². The maximum absolute atomic E-state index is 11.9. The Morgan fingerprint density at radius 2 is 1.77 bits per heavy atom. The molecule has 22 heavy (non-hydrogen) atoms. The summed E-state index contributed by atoms with van der Waals surface area (Å²) < 4.78 is 0. The van der Waals surface area contributed by atoms with Crippen molar-refractivity contribution in [3.05, 3.63) is 66.0 Å². The lowest BCUT2D eigenvalue weighted by molar-refractivity contribution is -0.145. The molecule has 1 aromatic carbocycles. The smallest absolute Gasteiger partial charge is 0.314 e. The molecule has 3 rings (SSSR count). The molecule has 1 aliphatic rings. The van der Waals surface area contributed by atoms with Crippen LogP contribution in [0.1, 0.15) is 36.9 Å². The van der Waals surface area contributed by atoms with E-state index in [1.165, 1.54) is 0 Å². The van der Waals surface area contributed by atoms with E-state index in [-0.39, 0.29) is 0 Å². The molecule has 1 saturated carbocycles. The zero-order valence-corrected chi connectivity index (χ0v) is 12.6. The second-order valence-corrected chi connectivity index (χ2v) is 6.22. The summed E-state index contributed by atoms with van der Waals surface area (Å²) >= 11 is 0.